The minimum absolute atomic E-state index is 0.0674. The molecular weight excluding hydrogens is 384 g/mol. The zero-order valence-electron chi connectivity index (χ0n) is 19.8. The number of rotatable bonds is 3. The van der Waals surface area contributed by atoms with Crippen LogP contribution in [0.2, 0.25) is 0 Å². The van der Waals surface area contributed by atoms with Gasteiger partial charge >= 0.3 is 0 Å². The first kappa shape index (κ1) is 21.9. The number of amides is 1. The molecule has 4 nitrogen and oxygen atoms in total. The van der Waals surface area contributed by atoms with Gasteiger partial charge in [0, 0.05) is 24.1 Å². The van der Waals surface area contributed by atoms with Crippen LogP contribution >= 0.6 is 0 Å². The highest BCUT2D eigenvalue weighted by Crippen LogP contribution is 2.50. The summed E-state index contributed by atoms with van der Waals surface area (Å²) in [6.07, 6.45) is 5.89. The van der Waals surface area contributed by atoms with Gasteiger partial charge in [-0.15, -0.1) is 0 Å². The van der Waals surface area contributed by atoms with Crippen LogP contribution in [0.25, 0.3) is 0 Å². The summed E-state index contributed by atoms with van der Waals surface area (Å²) in [5.74, 6) is 0.656. The number of para-hydroxylation sites is 2. The number of carbonyl (C=O) groups excluding carboxylic acids is 2. The molecule has 31 heavy (non-hydrogen) atoms. The van der Waals surface area contributed by atoms with Gasteiger partial charge in [-0.25, -0.2) is 0 Å². The molecule has 0 bridgehead atoms. The second-order valence-corrected chi connectivity index (χ2v) is 10.9. The van der Waals surface area contributed by atoms with Crippen LogP contribution in [-0.4, -0.2) is 17.7 Å². The summed E-state index contributed by atoms with van der Waals surface area (Å²) in [6.45, 7) is 13.0. The lowest BCUT2D eigenvalue weighted by Gasteiger charge is -2.40. The van der Waals surface area contributed by atoms with E-state index in [4.69, 9.17) is 0 Å². The van der Waals surface area contributed by atoms with Gasteiger partial charge in [-0.2, -0.15) is 0 Å². The normalized spacial score (nSPS) is 26.6. The van der Waals surface area contributed by atoms with Crippen LogP contribution in [-0.2, 0) is 9.59 Å². The number of anilines is 2. The lowest BCUT2D eigenvalue weighted by atomic mass is 9.70. The Kier molecular flexibility index (Phi) is 5.39. The number of allylic oxidation sites excluding steroid dienone is 3. The lowest BCUT2D eigenvalue weighted by Crippen LogP contribution is -2.46. The van der Waals surface area contributed by atoms with Gasteiger partial charge < -0.3 is 10.2 Å². The fourth-order valence-electron chi connectivity index (χ4n) is 5.64. The van der Waals surface area contributed by atoms with Crippen molar-refractivity contribution in [3.63, 3.8) is 0 Å². The number of nitrogens with one attached hydrogen (secondary N) is 1. The Morgan fingerprint density at radius 1 is 1.16 bits per heavy atom. The van der Waals surface area contributed by atoms with E-state index in [2.05, 4.69) is 46.0 Å². The summed E-state index contributed by atoms with van der Waals surface area (Å²) in [5.41, 5.74) is 5.03. The van der Waals surface area contributed by atoms with Crippen LogP contribution in [0.1, 0.15) is 73.6 Å². The van der Waals surface area contributed by atoms with Crippen molar-refractivity contribution in [1.29, 1.82) is 0 Å². The number of benzene rings is 1. The molecule has 1 aliphatic heterocycles. The fraction of sp³-hybridized carbons (Fsp3) is 0.556. The molecule has 1 aromatic rings. The molecule has 2 aliphatic carbocycles. The summed E-state index contributed by atoms with van der Waals surface area (Å²) in [4.78, 5) is 28.9. The van der Waals surface area contributed by atoms with Crippen LogP contribution in [0.3, 0.4) is 0 Å². The molecule has 3 aliphatic rings. The fourth-order valence-corrected chi connectivity index (χ4v) is 5.64. The molecule has 0 unspecified atom stereocenters. The van der Waals surface area contributed by atoms with Gasteiger partial charge in [-0.05, 0) is 55.1 Å². The van der Waals surface area contributed by atoms with Crippen molar-refractivity contribution < 1.29 is 9.59 Å². The molecule has 4 heteroatoms. The largest absolute Gasteiger partial charge is 0.357 e. The van der Waals surface area contributed by atoms with E-state index < -0.39 is 0 Å². The van der Waals surface area contributed by atoms with Gasteiger partial charge in [-0.1, -0.05) is 58.4 Å². The predicted molar refractivity (Wildman–Crippen MR) is 127 cm³/mol. The molecule has 1 N–H and O–H groups in total. The van der Waals surface area contributed by atoms with Gasteiger partial charge in [0.15, 0.2) is 5.78 Å². The van der Waals surface area contributed by atoms with Crippen LogP contribution < -0.4 is 10.2 Å². The third-order valence-electron chi connectivity index (χ3n) is 7.84. The van der Waals surface area contributed by atoms with E-state index in [0.29, 0.717) is 18.8 Å². The van der Waals surface area contributed by atoms with E-state index in [1.54, 1.807) is 0 Å². The molecule has 166 valence electrons. The molecule has 0 aromatic heterocycles. The SMILES string of the molecule is CCC(=O)N1c2ccccc2NC2=C(C(=O)CC(C)(C)C2)[C@@H]1C[C@@H]1CC=C(C)C1(C)C. The van der Waals surface area contributed by atoms with Crippen LogP contribution in [0.5, 0.6) is 0 Å². The number of ketones is 1. The molecule has 1 amide bonds. The zero-order valence-corrected chi connectivity index (χ0v) is 19.8. The maximum Gasteiger partial charge on any atom is 0.227 e. The minimum atomic E-state index is -0.231. The highest BCUT2D eigenvalue weighted by atomic mass is 16.2. The third-order valence-corrected chi connectivity index (χ3v) is 7.84. The highest BCUT2D eigenvalue weighted by Gasteiger charge is 2.45. The average molecular weight is 421 g/mol. The second kappa shape index (κ2) is 7.65. The molecule has 2 atom stereocenters. The van der Waals surface area contributed by atoms with E-state index in [-0.39, 0.29) is 28.6 Å². The van der Waals surface area contributed by atoms with E-state index in [1.165, 1.54) is 5.57 Å². The van der Waals surface area contributed by atoms with Gasteiger partial charge in [0.05, 0.1) is 17.4 Å². The summed E-state index contributed by atoms with van der Waals surface area (Å²) in [7, 11) is 0. The standard InChI is InChI=1S/C27H36N2O2/c1-7-24(31)29-21-11-9-8-10-19(21)28-20-15-26(3,4)16-23(30)25(20)22(29)14-18-13-12-17(2)27(18,5)6/h8-12,18,22,28H,7,13-16H2,1-6H3/t18-,22-/m0/s1. The van der Waals surface area contributed by atoms with Crippen molar-refractivity contribution in [2.75, 3.05) is 10.2 Å². The van der Waals surface area contributed by atoms with Crippen molar-refractivity contribution in [3.8, 4) is 0 Å². The first-order valence-corrected chi connectivity index (χ1v) is 11.7. The average Bonchev–Trinajstić information content (AvgIpc) is 2.86. The molecule has 1 aromatic carbocycles. The van der Waals surface area contributed by atoms with Crippen LogP contribution in [0.4, 0.5) is 11.4 Å². The van der Waals surface area contributed by atoms with Crippen molar-refractivity contribution in [2.45, 2.75) is 79.7 Å². The second-order valence-electron chi connectivity index (χ2n) is 10.9. The van der Waals surface area contributed by atoms with Crippen LogP contribution in [0, 0.1) is 16.7 Å². The lowest BCUT2D eigenvalue weighted by molar-refractivity contribution is -0.119. The van der Waals surface area contributed by atoms with E-state index in [1.807, 2.05) is 36.1 Å². The topological polar surface area (TPSA) is 49.4 Å². The van der Waals surface area contributed by atoms with Gasteiger partial charge in [0.1, 0.15) is 0 Å². The van der Waals surface area contributed by atoms with Gasteiger partial charge in [0.25, 0.3) is 0 Å². The number of nitrogens with zero attached hydrogens (tertiary/aromatic N) is 1. The van der Waals surface area contributed by atoms with Crippen molar-refractivity contribution in [2.24, 2.45) is 16.7 Å². The van der Waals surface area contributed by atoms with Crippen LogP contribution in [0.15, 0.2) is 47.2 Å². The van der Waals surface area contributed by atoms with E-state index >= 15 is 0 Å². The quantitative estimate of drug-likeness (QED) is 0.588. The van der Waals surface area contributed by atoms with Crippen molar-refractivity contribution in [1.82, 2.24) is 0 Å². The van der Waals surface area contributed by atoms with Crippen molar-refractivity contribution in [3.05, 3.63) is 47.2 Å². The number of hydrogen-bond acceptors (Lipinski definition) is 3. The Labute approximate surface area is 186 Å². The number of fused-ring (bicyclic) bond motifs is 1. The Hall–Kier alpha value is -2.36. The maximum atomic E-state index is 13.6. The molecule has 1 heterocycles. The first-order valence-electron chi connectivity index (χ1n) is 11.7. The smallest absolute Gasteiger partial charge is 0.227 e. The molecule has 0 saturated carbocycles. The minimum Gasteiger partial charge on any atom is -0.357 e. The molecule has 0 saturated heterocycles. The Balaban J connectivity index is 1.87. The van der Waals surface area contributed by atoms with Gasteiger partial charge in [-0.3, -0.25) is 9.59 Å². The zero-order chi connectivity index (χ0) is 22.6. The Morgan fingerprint density at radius 3 is 2.52 bits per heavy atom. The molecular formula is C27H36N2O2. The molecule has 4 rings (SSSR count). The Morgan fingerprint density at radius 2 is 1.87 bits per heavy atom. The highest BCUT2D eigenvalue weighted by molar-refractivity contribution is 6.06. The molecule has 0 fully saturated rings. The summed E-state index contributed by atoms with van der Waals surface area (Å²) in [6, 6.07) is 7.78. The summed E-state index contributed by atoms with van der Waals surface area (Å²) in [5, 5.41) is 3.59. The Bertz CT molecular complexity index is 983. The number of carbonyl (C=O) groups is 2. The van der Waals surface area contributed by atoms with Crippen molar-refractivity contribution >= 4 is 23.1 Å². The van der Waals surface area contributed by atoms with E-state index in [9.17, 15) is 9.59 Å². The first-order chi connectivity index (χ1) is 14.5. The summed E-state index contributed by atoms with van der Waals surface area (Å²) >= 11 is 0. The third kappa shape index (κ3) is 3.75. The maximum absolute atomic E-state index is 13.6. The van der Waals surface area contributed by atoms with Gasteiger partial charge in [0.2, 0.25) is 5.91 Å². The monoisotopic (exact) mass is 420 g/mol. The summed E-state index contributed by atoms with van der Waals surface area (Å²) < 4.78 is 0. The predicted octanol–water partition coefficient (Wildman–Crippen LogP) is 6.25. The molecule has 0 radical (unpaired) electrons. The number of Topliss-reactive ketones (excluding diaryl/α,β-unsaturated/α-hetero) is 1. The van der Waals surface area contributed by atoms with E-state index in [0.717, 1.165) is 41.9 Å². The molecule has 0 spiro atoms. The number of hydrogen-bond donors (Lipinski definition) is 1.